The van der Waals surface area contributed by atoms with Crippen molar-refractivity contribution in [1.29, 1.82) is 5.41 Å². The molecule has 0 heterocycles. The first-order valence-electron chi connectivity index (χ1n) is 3.73. The molecule has 0 aliphatic rings. The van der Waals surface area contributed by atoms with Crippen LogP contribution in [0, 0.1) is 5.41 Å². The monoisotopic (exact) mass is 211 g/mol. The van der Waals surface area contributed by atoms with Crippen molar-refractivity contribution in [2.45, 2.75) is 6.18 Å². The van der Waals surface area contributed by atoms with Crippen LogP contribution >= 0.6 is 0 Å². The Morgan fingerprint density at radius 1 is 1.57 bits per heavy atom. The molecule has 0 spiro atoms. The van der Waals surface area contributed by atoms with Crippen molar-refractivity contribution in [3.63, 3.8) is 0 Å². The topological polar surface area (TPSA) is 71.1 Å². The molecule has 14 heavy (non-hydrogen) atoms. The number of hydrogen-bond acceptors (Lipinski definition) is 4. The Bertz CT molecular complexity index is 225. The van der Waals surface area contributed by atoms with Crippen molar-refractivity contribution >= 4 is 5.71 Å². The van der Waals surface area contributed by atoms with E-state index in [2.05, 4.69) is 10.1 Å². The van der Waals surface area contributed by atoms with Crippen LogP contribution in [-0.2, 0) is 4.74 Å². The molecule has 0 aromatic rings. The van der Waals surface area contributed by atoms with Crippen LogP contribution in [0.1, 0.15) is 0 Å². The van der Waals surface area contributed by atoms with Crippen molar-refractivity contribution in [3.8, 4) is 0 Å². The van der Waals surface area contributed by atoms with E-state index >= 15 is 0 Å². The summed E-state index contributed by atoms with van der Waals surface area (Å²) in [5.74, 6) is 0. The van der Waals surface area contributed by atoms with Gasteiger partial charge in [-0.3, -0.25) is 5.41 Å². The Balaban J connectivity index is 4.05. The summed E-state index contributed by atoms with van der Waals surface area (Å²) in [5.41, 5.74) is 2.80. The quantitative estimate of drug-likeness (QED) is 0.460. The molecule has 0 aromatic heterocycles. The van der Waals surface area contributed by atoms with Crippen molar-refractivity contribution in [3.05, 3.63) is 11.9 Å². The van der Waals surface area contributed by atoms with E-state index < -0.39 is 17.6 Å². The lowest BCUT2D eigenvalue weighted by Crippen LogP contribution is -2.29. The fourth-order valence-corrected chi connectivity index (χ4v) is 0.579. The highest BCUT2D eigenvalue weighted by Gasteiger charge is 2.35. The maximum absolute atomic E-state index is 11.9. The van der Waals surface area contributed by atoms with Gasteiger partial charge in [0.1, 0.15) is 0 Å². The number of nitrogens with one attached hydrogen (secondary N) is 2. The lowest BCUT2D eigenvalue weighted by molar-refractivity contribution is -0.0590. The predicted molar refractivity (Wildman–Crippen MR) is 45.9 cm³/mol. The number of nitrogens with two attached hydrogens (primary N) is 1. The number of ether oxygens (including phenoxy) is 1. The molecule has 0 radical (unpaired) electrons. The first-order valence-corrected chi connectivity index (χ1v) is 3.73. The molecule has 0 fully saturated rings. The highest BCUT2D eigenvalue weighted by atomic mass is 19.4. The number of halogens is 3. The molecule has 4 N–H and O–H groups in total. The number of methoxy groups -OCH3 is 1. The molecule has 0 aliphatic heterocycles. The smallest absolute Gasteiger partial charge is 0.396 e. The summed E-state index contributed by atoms with van der Waals surface area (Å²) < 4.78 is 40.3. The zero-order valence-corrected chi connectivity index (χ0v) is 7.61. The van der Waals surface area contributed by atoms with Crippen LogP contribution < -0.4 is 11.1 Å². The van der Waals surface area contributed by atoms with Gasteiger partial charge in [-0.25, -0.2) is 0 Å². The summed E-state index contributed by atoms with van der Waals surface area (Å²) in [6.07, 6.45) is -3.77. The molecule has 0 aliphatic carbocycles. The van der Waals surface area contributed by atoms with Crippen molar-refractivity contribution in [2.24, 2.45) is 5.73 Å². The van der Waals surface area contributed by atoms with Gasteiger partial charge in [0.2, 0.25) is 0 Å². The van der Waals surface area contributed by atoms with Gasteiger partial charge >= 0.3 is 6.18 Å². The summed E-state index contributed by atoms with van der Waals surface area (Å²) >= 11 is 0. The largest absolute Gasteiger partial charge is 0.434 e. The van der Waals surface area contributed by atoms with Crippen LogP contribution in [0.4, 0.5) is 13.2 Å². The van der Waals surface area contributed by atoms with E-state index in [4.69, 9.17) is 11.1 Å². The second kappa shape index (κ2) is 5.48. The predicted octanol–water partition coefficient (Wildman–Crippen LogP) is 0.605. The SMILES string of the molecule is COCCN/C=C(/N)C(=N)C(F)(F)F. The lowest BCUT2D eigenvalue weighted by Gasteiger charge is -2.08. The first kappa shape index (κ1) is 12.8. The van der Waals surface area contributed by atoms with Gasteiger partial charge in [0.15, 0.2) is 5.71 Å². The molecule has 7 heteroatoms. The molecule has 0 unspecified atom stereocenters. The Morgan fingerprint density at radius 3 is 2.57 bits per heavy atom. The minimum Gasteiger partial charge on any atom is -0.396 e. The van der Waals surface area contributed by atoms with Gasteiger partial charge in [-0.1, -0.05) is 0 Å². The highest BCUT2D eigenvalue weighted by molar-refractivity contribution is 6.00. The third-order valence-electron chi connectivity index (χ3n) is 1.28. The zero-order valence-electron chi connectivity index (χ0n) is 7.61. The van der Waals surface area contributed by atoms with Crippen molar-refractivity contribution in [1.82, 2.24) is 5.32 Å². The fraction of sp³-hybridized carbons (Fsp3) is 0.571. The van der Waals surface area contributed by atoms with Gasteiger partial charge < -0.3 is 15.8 Å². The number of rotatable bonds is 5. The summed E-state index contributed by atoms with van der Waals surface area (Å²) in [6.45, 7) is 0.686. The molecule has 0 saturated heterocycles. The summed E-state index contributed by atoms with van der Waals surface area (Å²) in [5, 5.41) is 9.12. The van der Waals surface area contributed by atoms with E-state index in [-0.39, 0.29) is 0 Å². The van der Waals surface area contributed by atoms with Crippen LogP contribution in [0.3, 0.4) is 0 Å². The fourth-order valence-electron chi connectivity index (χ4n) is 0.579. The van der Waals surface area contributed by atoms with E-state index in [1.165, 1.54) is 7.11 Å². The minimum atomic E-state index is -4.70. The number of allylic oxidation sites excluding steroid dienone is 1. The standard InChI is InChI=1S/C7H12F3N3O/c1-14-3-2-13-4-5(11)6(12)7(8,9)10/h4,12-13H,2-3,11H2,1H3/b5-4+,12-6?. The molecule has 0 rings (SSSR count). The summed E-state index contributed by atoms with van der Waals surface area (Å²) in [6, 6.07) is 0. The van der Waals surface area contributed by atoms with E-state index in [0.717, 1.165) is 6.20 Å². The first-order chi connectivity index (χ1) is 6.39. The maximum Gasteiger partial charge on any atom is 0.434 e. The van der Waals surface area contributed by atoms with Crippen LogP contribution in [0.2, 0.25) is 0 Å². The maximum atomic E-state index is 11.9. The van der Waals surface area contributed by atoms with Gasteiger partial charge in [-0.05, 0) is 0 Å². The average Bonchev–Trinajstić information content (AvgIpc) is 2.09. The van der Waals surface area contributed by atoms with Crippen LogP contribution in [-0.4, -0.2) is 32.1 Å². The summed E-state index contributed by atoms with van der Waals surface area (Å²) in [7, 11) is 1.46. The molecular weight excluding hydrogens is 199 g/mol. The van der Waals surface area contributed by atoms with Crippen LogP contribution in [0.25, 0.3) is 0 Å². The van der Waals surface area contributed by atoms with Gasteiger partial charge in [0.05, 0.1) is 12.3 Å². The number of hydrogen-bond donors (Lipinski definition) is 3. The van der Waals surface area contributed by atoms with Gasteiger partial charge in [0.25, 0.3) is 0 Å². The van der Waals surface area contributed by atoms with E-state index in [9.17, 15) is 13.2 Å². The van der Waals surface area contributed by atoms with Crippen molar-refractivity contribution in [2.75, 3.05) is 20.3 Å². The van der Waals surface area contributed by atoms with Crippen LogP contribution in [0.5, 0.6) is 0 Å². The number of alkyl halides is 3. The van der Waals surface area contributed by atoms with Crippen molar-refractivity contribution < 1.29 is 17.9 Å². The molecular formula is C7H12F3N3O. The molecule has 0 aromatic carbocycles. The molecule has 0 amide bonds. The lowest BCUT2D eigenvalue weighted by atomic mass is 10.3. The highest BCUT2D eigenvalue weighted by Crippen LogP contribution is 2.18. The molecule has 82 valence electrons. The van der Waals surface area contributed by atoms with Crippen LogP contribution in [0.15, 0.2) is 11.9 Å². The normalized spacial score (nSPS) is 12.7. The Morgan fingerprint density at radius 2 is 2.14 bits per heavy atom. The zero-order chi connectivity index (χ0) is 11.2. The van der Waals surface area contributed by atoms with Gasteiger partial charge in [-0.2, -0.15) is 13.2 Å². The third-order valence-corrected chi connectivity index (χ3v) is 1.28. The van der Waals surface area contributed by atoms with E-state index in [0.29, 0.717) is 13.2 Å². The van der Waals surface area contributed by atoms with E-state index in [1.54, 1.807) is 0 Å². The second-order valence-electron chi connectivity index (χ2n) is 2.42. The third kappa shape index (κ3) is 4.70. The minimum absolute atomic E-state index is 0.336. The molecule has 0 bridgehead atoms. The molecule has 0 saturated carbocycles. The van der Waals surface area contributed by atoms with Gasteiger partial charge in [-0.15, -0.1) is 0 Å². The van der Waals surface area contributed by atoms with Gasteiger partial charge in [0, 0.05) is 19.9 Å². The molecule has 0 atom stereocenters. The second-order valence-corrected chi connectivity index (χ2v) is 2.42. The molecule has 4 nitrogen and oxygen atoms in total. The average molecular weight is 211 g/mol. The Hall–Kier alpha value is -1.24. The Labute approximate surface area is 79.4 Å². The van der Waals surface area contributed by atoms with E-state index in [1.807, 2.05) is 0 Å². The Kier molecular flexibility index (Phi) is 5.00. The summed E-state index contributed by atoms with van der Waals surface area (Å²) in [4.78, 5) is 0.